The van der Waals surface area contributed by atoms with Crippen molar-refractivity contribution in [3.05, 3.63) is 71.0 Å². The normalized spacial score (nSPS) is 15.3. The second kappa shape index (κ2) is 8.67. The maximum Gasteiger partial charge on any atom is 0.275 e. The summed E-state index contributed by atoms with van der Waals surface area (Å²) in [6.07, 6.45) is 0. The molecule has 172 valence electrons. The topological polar surface area (TPSA) is 91.3 Å². The van der Waals surface area contributed by atoms with Crippen LogP contribution in [0, 0.1) is 5.82 Å². The first kappa shape index (κ1) is 22.5. The molecule has 0 aliphatic carbocycles. The van der Waals surface area contributed by atoms with Gasteiger partial charge in [0.05, 0.1) is 6.54 Å². The first-order valence-corrected chi connectivity index (χ1v) is 10.7. The minimum Gasteiger partial charge on any atom is -0.366 e. The van der Waals surface area contributed by atoms with Crippen molar-refractivity contribution < 1.29 is 14.0 Å². The number of anilines is 3. The van der Waals surface area contributed by atoms with Gasteiger partial charge in [0.15, 0.2) is 11.6 Å². The van der Waals surface area contributed by atoms with E-state index in [9.17, 15) is 14.0 Å². The summed E-state index contributed by atoms with van der Waals surface area (Å²) >= 11 is 0. The van der Waals surface area contributed by atoms with Crippen LogP contribution in [0.1, 0.15) is 47.1 Å². The number of hydrogen-bond acceptors (Lipinski definition) is 6. The Bertz CT molecular complexity index is 1180. The lowest BCUT2D eigenvalue weighted by Crippen LogP contribution is -2.56. The Balaban J connectivity index is 1.77. The third kappa shape index (κ3) is 4.88. The van der Waals surface area contributed by atoms with Gasteiger partial charge in [0.1, 0.15) is 17.2 Å². The zero-order valence-corrected chi connectivity index (χ0v) is 19.1. The molecule has 4 rings (SSSR count). The first-order valence-electron chi connectivity index (χ1n) is 10.7. The highest BCUT2D eigenvalue weighted by molar-refractivity contribution is 6.04. The van der Waals surface area contributed by atoms with Crippen molar-refractivity contribution in [3.63, 3.8) is 0 Å². The number of ketones is 1. The first-order chi connectivity index (χ1) is 15.6. The highest BCUT2D eigenvalue weighted by Gasteiger charge is 2.33. The van der Waals surface area contributed by atoms with Crippen LogP contribution < -0.4 is 16.1 Å². The number of nitrogens with zero attached hydrogens (tertiary/aromatic N) is 3. The lowest BCUT2D eigenvalue weighted by atomic mass is 10.1. The Morgan fingerprint density at radius 3 is 2.45 bits per heavy atom. The van der Waals surface area contributed by atoms with Crippen LogP contribution in [0.25, 0.3) is 0 Å². The molecule has 3 aromatic rings. The molecule has 2 heterocycles. The van der Waals surface area contributed by atoms with Crippen molar-refractivity contribution in [1.29, 1.82) is 0 Å². The summed E-state index contributed by atoms with van der Waals surface area (Å²) in [7, 11) is 1.68. The molecule has 0 fully saturated rings. The standard InChI is InChI=1S/C24H27FN6O2/c1-15(32)17-7-5-16(6-8-17)13-31-22(27-19-11-9-18(25)10-12-19)20-21(28-31)26-14-24(2,3)29-30(4)23(20)33/h5-12,27,29H,13-14H2,1-4H3,(H,26,28). The molecule has 1 amide bonds. The van der Waals surface area contributed by atoms with Gasteiger partial charge in [-0.15, -0.1) is 0 Å². The van der Waals surface area contributed by atoms with E-state index >= 15 is 0 Å². The number of halogens is 1. The molecule has 0 bridgehead atoms. The van der Waals surface area contributed by atoms with Crippen molar-refractivity contribution in [3.8, 4) is 0 Å². The molecule has 0 unspecified atom stereocenters. The fourth-order valence-corrected chi connectivity index (χ4v) is 3.73. The van der Waals surface area contributed by atoms with Gasteiger partial charge < -0.3 is 10.6 Å². The number of Topliss-reactive ketones (excluding diaryl/α,β-unsaturated/α-hetero) is 1. The number of fused-ring (bicyclic) bond motifs is 1. The Morgan fingerprint density at radius 2 is 1.82 bits per heavy atom. The molecule has 3 N–H and O–H groups in total. The van der Waals surface area contributed by atoms with E-state index in [2.05, 4.69) is 16.1 Å². The Labute approximate surface area is 191 Å². The maximum absolute atomic E-state index is 13.4. The molecule has 0 radical (unpaired) electrons. The van der Waals surface area contributed by atoms with Crippen LogP contribution in [0.3, 0.4) is 0 Å². The third-order valence-electron chi connectivity index (χ3n) is 5.44. The van der Waals surface area contributed by atoms with E-state index in [0.717, 1.165) is 5.56 Å². The monoisotopic (exact) mass is 450 g/mol. The molecule has 1 aliphatic heterocycles. The average Bonchev–Trinajstić information content (AvgIpc) is 3.09. The predicted octanol–water partition coefficient (Wildman–Crippen LogP) is 3.80. The van der Waals surface area contributed by atoms with E-state index in [1.54, 1.807) is 36.0 Å². The molecule has 1 aromatic heterocycles. The van der Waals surface area contributed by atoms with Gasteiger partial charge in [-0.3, -0.25) is 14.6 Å². The molecule has 0 saturated carbocycles. The predicted molar refractivity (Wildman–Crippen MR) is 125 cm³/mol. The van der Waals surface area contributed by atoms with Crippen LogP contribution in [0.15, 0.2) is 48.5 Å². The Hall–Kier alpha value is -3.72. The summed E-state index contributed by atoms with van der Waals surface area (Å²) in [5.74, 6) is 0.339. The average molecular weight is 451 g/mol. The van der Waals surface area contributed by atoms with Crippen LogP contribution in [0.2, 0.25) is 0 Å². The molecule has 0 spiro atoms. The molecule has 2 aromatic carbocycles. The zero-order chi connectivity index (χ0) is 23.8. The second-order valence-electron chi connectivity index (χ2n) is 8.83. The van der Waals surface area contributed by atoms with Crippen molar-refractivity contribution in [2.24, 2.45) is 0 Å². The number of benzene rings is 2. The van der Waals surface area contributed by atoms with Crippen molar-refractivity contribution in [1.82, 2.24) is 20.2 Å². The third-order valence-corrected chi connectivity index (χ3v) is 5.44. The smallest absolute Gasteiger partial charge is 0.275 e. The lowest BCUT2D eigenvalue weighted by Gasteiger charge is -2.34. The molecule has 8 nitrogen and oxygen atoms in total. The number of hydrogen-bond donors (Lipinski definition) is 3. The van der Waals surface area contributed by atoms with Gasteiger partial charge in [0, 0.05) is 30.4 Å². The fourth-order valence-electron chi connectivity index (χ4n) is 3.73. The van der Waals surface area contributed by atoms with E-state index in [0.29, 0.717) is 41.5 Å². The van der Waals surface area contributed by atoms with Gasteiger partial charge in [-0.05, 0) is 50.6 Å². The van der Waals surface area contributed by atoms with E-state index < -0.39 is 0 Å². The van der Waals surface area contributed by atoms with Gasteiger partial charge in [-0.25, -0.2) is 14.5 Å². The fraction of sp³-hybridized carbons (Fsp3) is 0.292. The number of aromatic nitrogens is 2. The Kier molecular flexibility index (Phi) is 5.90. The summed E-state index contributed by atoms with van der Waals surface area (Å²) in [5.41, 5.74) is 5.37. The van der Waals surface area contributed by atoms with Gasteiger partial charge in [0.2, 0.25) is 0 Å². The maximum atomic E-state index is 13.4. The minimum atomic E-state index is -0.376. The van der Waals surface area contributed by atoms with Crippen molar-refractivity contribution >= 4 is 29.0 Å². The number of rotatable bonds is 5. The van der Waals surface area contributed by atoms with E-state index in [1.165, 1.54) is 24.1 Å². The van der Waals surface area contributed by atoms with Crippen LogP contribution in [0.4, 0.5) is 21.7 Å². The van der Waals surface area contributed by atoms with E-state index in [1.807, 2.05) is 26.0 Å². The molecule has 0 atom stereocenters. The van der Waals surface area contributed by atoms with Crippen LogP contribution >= 0.6 is 0 Å². The number of carbonyl (C=O) groups excluding carboxylic acids is 2. The summed E-state index contributed by atoms with van der Waals surface area (Å²) in [5, 5.41) is 12.7. The van der Waals surface area contributed by atoms with Crippen LogP contribution in [-0.2, 0) is 6.54 Å². The molecule has 33 heavy (non-hydrogen) atoms. The highest BCUT2D eigenvalue weighted by atomic mass is 19.1. The van der Waals surface area contributed by atoms with Crippen LogP contribution in [0.5, 0.6) is 0 Å². The molecular formula is C24H27FN6O2. The Morgan fingerprint density at radius 1 is 1.15 bits per heavy atom. The molecule has 9 heteroatoms. The second-order valence-corrected chi connectivity index (χ2v) is 8.83. The number of amides is 1. The van der Waals surface area contributed by atoms with Crippen molar-refractivity contribution in [2.45, 2.75) is 32.9 Å². The van der Waals surface area contributed by atoms with Gasteiger partial charge >= 0.3 is 0 Å². The summed E-state index contributed by atoms with van der Waals surface area (Å²) in [6.45, 7) is 6.40. The van der Waals surface area contributed by atoms with Gasteiger partial charge in [-0.1, -0.05) is 24.3 Å². The van der Waals surface area contributed by atoms with Gasteiger partial charge in [0.25, 0.3) is 5.91 Å². The summed E-state index contributed by atoms with van der Waals surface area (Å²) < 4.78 is 15.1. The van der Waals surface area contributed by atoms with E-state index in [4.69, 9.17) is 5.10 Å². The zero-order valence-electron chi connectivity index (χ0n) is 19.1. The van der Waals surface area contributed by atoms with Crippen molar-refractivity contribution in [2.75, 3.05) is 24.2 Å². The number of nitrogens with one attached hydrogen (secondary N) is 3. The van der Waals surface area contributed by atoms with E-state index in [-0.39, 0.29) is 23.0 Å². The molecular weight excluding hydrogens is 423 g/mol. The summed E-state index contributed by atoms with van der Waals surface area (Å²) in [4.78, 5) is 25.0. The lowest BCUT2D eigenvalue weighted by molar-refractivity contribution is 0.0632. The number of carbonyl (C=O) groups is 2. The van der Waals surface area contributed by atoms with Crippen LogP contribution in [-0.4, -0.2) is 45.6 Å². The SMILES string of the molecule is CC(=O)c1ccc(Cn2nc3c(c2Nc2ccc(F)cc2)C(=O)N(C)NC(C)(C)CN3)cc1. The highest BCUT2D eigenvalue weighted by Crippen LogP contribution is 2.31. The van der Waals surface area contributed by atoms with Gasteiger partial charge in [-0.2, -0.15) is 5.10 Å². The minimum absolute atomic E-state index is 0.00443. The number of hydrazine groups is 1. The molecule has 0 saturated heterocycles. The summed E-state index contributed by atoms with van der Waals surface area (Å²) in [6, 6.07) is 13.2. The molecule has 1 aliphatic rings. The quantitative estimate of drug-likeness (QED) is 0.513. The largest absolute Gasteiger partial charge is 0.366 e.